The van der Waals surface area contributed by atoms with Crippen molar-refractivity contribution in [3.63, 3.8) is 0 Å². The number of nitrogens with zero attached hydrogens (tertiary/aromatic N) is 3. The van der Waals surface area contributed by atoms with Crippen LogP contribution in [0.5, 0.6) is 0 Å². The van der Waals surface area contributed by atoms with Gasteiger partial charge in [-0.05, 0) is 86.0 Å². The average molecular weight is 379 g/mol. The number of rotatable bonds is 4. The second kappa shape index (κ2) is 6.72. The summed E-state index contributed by atoms with van der Waals surface area (Å²) in [6.45, 7) is 0. The van der Waals surface area contributed by atoms with E-state index >= 15 is 0 Å². The van der Waals surface area contributed by atoms with Crippen molar-refractivity contribution in [1.29, 1.82) is 0 Å². The van der Waals surface area contributed by atoms with Crippen molar-refractivity contribution in [3.05, 3.63) is 42.5 Å². The van der Waals surface area contributed by atoms with Crippen LogP contribution in [0.15, 0.2) is 36.9 Å². The van der Waals surface area contributed by atoms with Crippen LogP contribution < -0.4 is 10.9 Å². The Morgan fingerprint density at radius 3 is 2.21 bits per heavy atom. The van der Waals surface area contributed by atoms with E-state index in [2.05, 4.69) is 20.9 Å². The second-order valence-corrected chi connectivity index (χ2v) is 8.98. The number of carbonyl (C=O) groups is 2. The third-order valence-electron chi connectivity index (χ3n) is 6.83. The molecule has 1 heterocycles. The van der Waals surface area contributed by atoms with Gasteiger partial charge in [-0.1, -0.05) is 0 Å². The van der Waals surface area contributed by atoms with E-state index in [1.165, 1.54) is 44.9 Å². The fourth-order valence-electron chi connectivity index (χ4n) is 6.20. The highest BCUT2D eigenvalue weighted by molar-refractivity contribution is 5.95. The lowest BCUT2D eigenvalue weighted by Gasteiger charge is -2.56. The maximum atomic E-state index is 12.5. The van der Waals surface area contributed by atoms with Crippen molar-refractivity contribution >= 4 is 11.8 Å². The fourth-order valence-corrected chi connectivity index (χ4v) is 6.20. The molecule has 2 N–H and O–H groups in total. The summed E-state index contributed by atoms with van der Waals surface area (Å²) in [6.07, 6.45) is 11.2. The van der Waals surface area contributed by atoms with Crippen LogP contribution in [0.25, 0.3) is 5.69 Å². The van der Waals surface area contributed by atoms with Gasteiger partial charge < -0.3 is 0 Å². The Bertz CT molecular complexity index is 839. The minimum Gasteiger partial charge on any atom is -0.273 e. The van der Waals surface area contributed by atoms with Gasteiger partial charge in [-0.25, -0.2) is 9.67 Å². The predicted octanol–water partition coefficient (Wildman–Crippen LogP) is 2.63. The third-order valence-corrected chi connectivity index (χ3v) is 6.83. The molecule has 0 spiro atoms. The van der Waals surface area contributed by atoms with Crippen molar-refractivity contribution in [1.82, 2.24) is 25.6 Å². The molecule has 4 fully saturated rings. The number of hydrogen-bond donors (Lipinski definition) is 2. The molecule has 0 aliphatic heterocycles. The molecule has 1 aromatic carbocycles. The van der Waals surface area contributed by atoms with Crippen molar-refractivity contribution < 1.29 is 9.59 Å². The first-order valence-electron chi connectivity index (χ1n) is 10.1. The molecule has 0 unspecified atom stereocenters. The first kappa shape index (κ1) is 17.4. The summed E-state index contributed by atoms with van der Waals surface area (Å²) in [6, 6.07) is 7.00. The van der Waals surface area contributed by atoms with E-state index in [1.54, 1.807) is 35.3 Å². The van der Waals surface area contributed by atoms with E-state index in [0.29, 0.717) is 12.0 Å². The van der Waals surface area contributed by atoms with Crippen molar-refractivity contribution in [2.45, 2.75) is 44.9 Å². The number of hydrazine groups is 1. The Labute approximate surface area is 163 Å². The summed E-state index contributed by atoms with van der Waals surface area (Å²) in [5, 5.41) is 4.06. The molecular formula is C21H25N5O2. The summed E-state index contributed by atoms with van der Waals surface area (Å²) >= 11 is 0. The normalized spacial score (nSPS) is 30.2. The molecule has 28 heavy (non-hydrogen) atoms. The van der Waals surface area contributed by atoms with E-state index in [9.17, 15) is 9.59 Å². The van der Waals surface area contributed by atoms with Crippen LogP contribution >= 0.6 is 0 Å². The molecule has 1 aromatic heterocycles. The molecule has 4 aliphatic carbocycles. The molecule has 6 rings (SSSR count). The van der Waals surface area contributed by atoms with Crippen LogP contribution in [0.2, 0.25) is 0 Å². The van der Waals surface area contributed by atoms with Crippen molar-refractivity contribution in [2.24, 2.45) is 23.2 Å². The number of nitrogens with one attached hydrogen (secondary N) is 2. The zero-order valence-corrected chi connectivity index (χ0v) is 15.8. The molecule has 4 saturated carbocycles. The van der Waals surface area contributed by atoms with Gasteiger partial charge in [-0.15, -0.1) is 0 Å². The topological polar surface area (TPSA) is 88.9 Å². The molecular weight excluding hydrogens is 354 g/mol. The lowest BCUT2D eigenvalue weighted by atomic mass is 9.49. The van der Waals surface area contributed by atoms with Gasteiger partial charge in [0.05, 0.1) is 5.69 Å². The maximum absolute atomic E-state index is 12.5. The van der Waals surface area contributed by atoms with Gasteiger partial charge in [0, 0.05) is 12.0 Å². The number of carbonyl (C=O) groups excluding carboxylic acids is 2. The number of benzene rings is 1. The van der Waals surface area contributed by atoms with E-state index in [-0.39, 0.29) is 17.2 Å². The highest BCUT2D eigenvalue weighted by Gasteiger charge is 2.51. The maximum Gasteiger partial charge on any atom is 0.269 e. The molecule has 7 heteroatoms. The van der Waals surface area contributed by atoms with E-state index in [1.807, 2.05) is 0 Å². The minimum atomic E-state index is -0.316. The first-order valence-corrected chi connectivity index (χ1v) is 10.1. The van der Waals surface area contributed by atoms with Gasteiger partial charge in [-0.3, -0.25) is 20.4 Å². The lowest BCUT2D eigenvalue weighted by molar-refractivity contribution is -0.130. The number of aromatic nitrogens is 3. The van der Waals surface area contributed by atoms with Gasteiger partial charge in [-0.2, -0.15) is 5.10 Å². The summed E-state index contributed by atoms with van der Waals surface area (Å²) < 4.78 is 1.62. The quantitative estimate of drug-likeness (QED) is 0.799. The zero-order valence-electron chi connectivity index (χ0n) is 15.8. The van der Waals surface area contributed by atoms with Crippen LogP contribution in [0.4, 0.5) is 0 Å². The Hall–Kier alpha value is -2.70. The van der Waals surface area contributed by atoms with Crippen LogP contribution in [-0.4, -0.2) is 26.6 Å². The molecule has 4 bridgehead atoms. The monoisotopic (exact) mass is 379 g/mol. The predicted molar refractivity (Wildman–Crippen MR) is 102 cm³/mol. The lowest BCUT2D eigenvalue weighted by Crippen LogP contribution is -2.50. The molecule has 0 atom stereocenters. The SMILES string of the molecule is O=C(CC12CC3CC(CC(C3)C1)C2)NNC(=O)c1ccc(-n2cncn2)cc1. The van der Waals surface area contributed by atoms with Gasteiger partial charge >= 0.3 is 0 Å². The van der Waals surface area contributed by atoms with Crippen LogP contribution in [0.1, 0.15) is 55.3 Å². The van der Waals surface area contributed by atoms with Crippen LogP contribution in [0, 0.1) is 23.2 Å². The Morgan fingerprint density at radius 2 is 1.64 bits per heavy atom. The number of amides is 2. The first-order chi connectivity index (χ1) is 13.6. The summed E-state index contributed by atoms with van der Waals surface area (Å²) in [7, 11) is 0. The van der Waals surface area contributed by atoms with E-state index in [0.717, 1.165) is 23.4 Å². The standard InChI is InChI=1S/C21H25N5O2/c27-19(11-21-8-14-5-15(9-21)7-16(6-14)10-21)24-25-20(28)17-1-3-18(4-2-17)26-13-22-12-23-26/h1-4,12-16H,5-11H2,(H,24,27)(H,25,28). The third kappa shape index (κ3) is 3.30. The van der Waals surface area contributed by atoms with Gasteiger partial charge in [0.2, 0.25) is 5.91 Å². The van der Waals surface area contributed by atoms with Crippen LogP contribution in [0.3, 0.4) is 0 Å². The molecule has 146 valence electrons. The van der Waals surface area contributed by atoms with E-state index < -0.39 is 0 Å². The molecule has 4 aliphatic rings. The highest BCUT2D eigenvalue weighted by atomic mass is 16.2. The Morgan fingerprint density at radius 1 is 1.00 bits per heavy atom. The Kier molecular flexibility index (Phi) is 4.18. The van der Waals surface area contributed by atoms with Crippen LogP contribution in [-0.2, 0) is 4.79 Å². The van der Waals surface area contributed by atoms with Gasteiger partial charge in [0.1, 0.15) is 12.7 Å². The van der Waals surface area contributed by atoms with Crippen molar-refractivity contribution in [2.75, 3.05) is 0 Å². The largest absolute Gasteiger partial charge is 0.273 e. The zero-order chi connectivity index (χ0) is 19.1. The second-order valence-electron chi connectivity index (χ2n) is 8.98. The number of hydrogen-bond acceptors (Lipinski definition) is 4. The van der Waals surface area contributed by atoms with Gasteiger partial charge in [0.15, 0.2) is 0 Å². The summed E-state index contributed by atoms with van der Waals surface area (Å²) in [4.78, 5) is 28.8. The minimum absolute atomic E-state index is 0.0745. The summed E-state index contributed by atoms with van der Waals surface area (Å²) in [5.74, 6) is 2.06. The highest BCUT2D eigenvalue weighted by Crippen LogP contribution is 2.61. The fraction of sp³-hybridized carbons (Fsp3) is 0.524. The molecule has 2 aromatic rings. The summed E-state index contributed by atoms with van der Waals surface area (Å²) in [5.41, 5.74) is 6.67. The molecule has 0 radical (unpaired) electrons. The smallest absolute Gasteiger partial charge is 0.269 e. The van der Waals surface area contributed by atoms with Gasteiger partial charge in [0.25, 0.3) is 5.91 Å². The van der Waals surface area contributed by atoms with E-state index in [4.69, 9.17) is 0 Å². The molecule has 2 amide bonds. The molecule has 0 saturated heterocycles. The van der Waals surface area contributed by atoms with Crippen molar-refractivity contribution in [3.8, 4) is 5.69 Å². The average Bonchev–Trinajstić information content (AvgIpc) is 3.19. The molecule has 7 nitrogen and oxygen atoms in total. The Balaban J connectivity index is 1.16.